The van der Waals surface area contributed by atoms with Gasteiger partial charge in [-0.05, 0) is 68.6 Å². The molecule has 2 heterocycles. The van der Waals surface area contributed by atoms with E-state index in [0.29, 0.717) is 23.8 Å². The average Bonchev–Trinajstić information content (AvgIpc) is 3.51. The third-order valence-electron chi connectivity index (χ3n) is 8.85. The summed E-state index contributed by atoms with van der Waals surface area (Å²) >= 11 is 0. The van der Waals surface area contributed by atoms with Gasteiger partial charge in [0.25, 0.3) is 0 Å². The van der Waals surface area contributed by atoms with Crippen molar-refractivity contribution in [3.63, 3.8) is 0 Å². The van der Waals surface area contributed by atoms with E-state index in [-0.39, 0.29) is 31.1 Å². The third kappa shape index (κ3) is 7.14. The van der Waals surface area contributed by atoms with Crippen LogP contribution in [0, 0.1) is 18.8 Å². The van der Waals surface area contributed by atoms with Gasteiger partial charge >= 0.3 is 5.97 Å². The maximum Gasteiger partial charge on any atom is 0.306 e. The predicted octanol–water partition coefficient (Wildman–Crippen LogP) is 4.82. The number of benzene rings is 2. The van der Waals surface area contributed by atoms with Gasteiger partial charge in [-0.15, -0.1) is 0 Å². The Labute approximate surface area is 238 Å². The molecule has 1 aliphatic carbocycles. The van der Waals surface area contributed by atoms with Gasteiger partial charge in [0.1, 0.15) is 6.10 Å². The van der Waals surface area contributed by atoms with Gasteiger partial charge in [-0.2, -0.15) is 4.31 Å². The molecular formula is C32H43NO6S. The number of hydrogen-bond donors (Lipinski definition) is 1. The Balaban J connectivity index is 1.33. The first-order chi connectivity index (χ1) is 19.3. The highest BCUT2D eigenvalue weighted by Crippen LogP contribution is 2.37. The van der Waals surface area contributed by atoms with E-state index in [1.54, 1.807) is 6.07 Å². The topological polar surface area (TPSA) is 93.1 Å². The van der Waals surface area contributed by atoms with Crippen LogP contribution in [-0.2, 0) is 37.1 Å². The number of ether oxygens (including phenoxy) is 2. The summed E-state index contributed by atoms with van der Waals surface area (Å²) in [4.78, 5) is 13.5. The number of esters is 1. The van der Waals surface area contributed by atoms with Crippen LogP contribution in [0.1, 0.15) is 68.1 Å². The van der Waals surface area contributed by atoms with Crippen molar-refractivity contribution in [3.05, 3.63) is 65.2 Å². The van der Waals surface area contributed by atoms with Crippen LogP contribution in [0.5, 0.6) is 0 Å². The lowest BCUT2D eigenvalue weighted by Crippen LogP contribution is -2.42. The number of sulfonamides is 1. The smallest absolute Gasteiger partial charge is 0.306 e. The maximum absolute atomic E-state index is 13.9. The molecule has 7 nitrogen and oxygen atoms in total. The Morgan fingerprint density at radius 2 is 1.90 bits per heavy atom. The SMILES string of the molecule is Cc1ccc2c(c1)CCCCCCN(C[C@@H](O)[C@@H](CC(=O)O[C@@H]1CC3CCO[C@@H]3C1)Cc1ccccc1)S2(=O)=O. The molecule has 0 bridgehead atoms. The zero-order valence-corrected chi connectivity index (χ0v) is 24.4. The van der Waals surface area contributed by atoms with E-state index in [9.17, 15) is 18.3 Å². The average molecular weight is 570 g/mol. The minimum atomic E-state index is -3.81. The fourth-order valence-electron chi connectivity index (χ4n) is 6.64. The first kappa shape index (κ1) is 29.2. The van der Waals surface area contributed by atoms with Crippen molar-refractivity contribution in [2.24, 2.45) is 11.8 Å². The number of aliphatic hydroxyl groups is 1. The van der Waals surface area contributed by atoms with E-state index >= 15 is 0 Å². The minimum Gasteiger partial charge on any atom is -0.462 e. The van der Waals surface area contributed by atoms with Crippen LogP contribution in [0.25, 0.3) is 0 Å². The van der Waals surface area contributed by atoms with Gasteiger partial charge in [-0.3, -0.25) is 4.79 Å². The molecule has 2 aliphatic heterocycles. The summed E-state index contributed by atoms with van der Waals surface area (Å²) in [5.41, 5.74) is 2.88. The summed E-state index contributed by atoms with van der Waals surface area (Å²) in [5.74, 6) is -0.356. The normalized spacial score (nSPS) is 26.4. The molecule has 0 aromatic heterocycles. The van der Waals surface area contributed by atoms with Gasteiger partial charge in [-0.1, -0.05) is 60.9 Å². The molecule has 0 spiro atoms. The summed E-state index contributed by atoms with van der Waals surface area (Å²) in [6.07, 6.45) is 6.48. The van der Waals surface area contributed by atoms with Crippen LogP contribution in [0.15, 0.2) is 53.4 Å². The van der Waals surface area contributed by atoms with Gasteiger partial charge in [0.15, 0.2) is 0 Å². The van der Waals surface area contributed by atoms with Crippen molar-refractivity contribution in [3.8, 4) is 0 Å². The highest BCUT2D eigenvalue weighted by Gasteiger charge is 2.40. The maximum atomic E-state index is 13.9. The fourth-order valence-corrected chi connectivity index (χ4v) is 8.37. The monoisotopic (exact) mass is 569 g/mol. The number of fused-ring (bicyclic) bond motifs is 2. The molecule has 40 heavy (non-hydrogen) atoms. The molecule has 0 radical (unpaired) electrons. The van der Waals surface area contributed by atoms with Gasteiger partial charge in [0, 0.05) is 32.0 Å². The largest absolute Gasteiger partial charge is 0.462 e. The summed E-state index contributed by atoms with van der Waals surface area (Å²) in [6, 6.07) is 15.3. The number of aryl methyl sites for hydroxylation is 2. The molecule has 5 atom stereocenters. The predicted molar refractivity (Wildman–Crippen MR) is 153 cm³/mol. The lowest BCUT2D eigenvalue weighted by Gasteiger charge is -2.30. The Bertz CT molecular complexity index is 1240. The minimum absolute atomic E-state index is 0.0341. The number of carbonyl (C=O) groups excluding carboxylic acids is 1. The molecule has 1 unspecified atom stereocenters. The number of carbonyl (C=O) groups is 1. The molecule has 3 aliphatic rings. The summed E-state index contributed by atoms with van der Waals surface area (Å²) in [6.45, 7) is 3.05. The van der Waals surface area contributed by atoms with Crippen LogP contribution in [0.3, 0.4) is 0 Å². The Kier molecular flexibility index (Phi) is 9.61. The second-order valence-corrected chi connectivity index (χ2v) is 13.8. The van der Waals surface area contributed by atoms with Crippen molar-refractivity contribution in [1.82, 2.24) is 4.31 Å². The van der Waals surface area contributed by atoms with Crippen molar-refractivity contribution < 1.29 is 27.8 Å². The van der Waals surface area contributed by atoms with E-state index in [1.807, 2.05) is 49.4 Å². The zero-order chi connectivity index (χ0) is 28.1. The molecule has 218 valence electrons. The van der Waals surface area contributed by atoms with Crippen LogP contribution in [-0.4, -0.2) is 61.8 Å². The van der Waals surface area contributed by atoms with Crippen molar-refractivity contribution in [1.29, 1.82) is 0 Å². The van der Waals surface area contributed by atoms with Crippen LogP contribution in [0.4, 0.5) is 0 Å². The highest BCUT2D eigenvalue weighted by molar-refractivity contribution is 7.89. The van der Waals surface area contributed by atoms with Gasteiger partial charge in [0.2, 0.25) is 10.0 Å². The first-order valence-electron chi connectivity index (χ1n) is 14.9. The number of hydrogen-bond acceptors (Lipinski definition) is 6. The summed E-state index contributed by atoms with van der Waals surface area (Å²) in [5, 5.41) is 11.5. The number of β-amino-alcohol motifs (C(OH)–C–C–N with tert-alkyl or cyclic N) is 1. The Morgan fingerprint density at radius 1 is 1.10 bits per heavy atom. The van der Waals surface area contributed by atoms with Crippen molar-refractivity contribution in [2.75, 3.05) is 19.7 Å². The molecule has 1 saturated carbocycles. The lowest BCUT2D eigenvalue weighted by molar-refractivity contribution is -0.151. The zero-order valence-electron chi connectivity index (χ0n) is 23.5. The molecule has 1 N–H and O–H groups in total. The second-order valence-electron chi connectivity index (χ2n) is 11.9. The molecule has 0 amide bonds. The standard InChI is InChI=1S/C32H43NO6S/c1-23-12-13-31-26(17-23)11-7-2-3-8-15-33(40(31,36)37)22-29(34)27(18-24-9-5-4-6-10-24)20-32(35)39-28-19-25-14-16-38-30(25)21-28/h4-6,9-10,12-13,17,25,27-30,34H,2-3,7-8,11,14-16,18-22H2,1H3/t25?,27-,28-,29-,30-/m1/s1. The van der Waals surface area contributed by atoms with Crippen LogP contribution in [0.2, 0.25) is 0 Å². The van der Waals surface area contributed by atoms with E-state index in [0.717, 1.165) is 74.7 Å². The first-order valence-corrected chi connectivity index (χ1v) is 16.4. The molecule has 5 rings (SSSR count). The Hall–Kier alpha value is -2.26. The fraction of sp³-hybridized carbons (Fsp3) is 0.594. The van der Waals surface area contributed by atoms with E-state index in [1.165, 1.54) is 4.31 Å². The lowest BCUT2D eigenvalue weighted by atomic mass is 9.90. The number of nitrogens with zero attached hydrogens (tertiary/aromatic N) is 1. The van der Waals surface area contributed by atoms with E-state index in [4.69, 9.17) is 9.47 Å². The van der Waals surface area contributed by atoms with Gasteiger partial charge < -0.3 is 14.6 Å². The molecule has 2 aromatic carbocycles. The van der Waals surface area contributed by atoms with Gasteiger partial charge in [-0.25, -0.2) is 8.42 Å². The van der Waals surface area contributed by atoms with Gasteiger partial charge in [0.05, 0.1) is 23.5 Å². The van der Waals surface area contributed by atoms with Crippen molar-refractivity contribution in [2.45, 2.75) is 94.3 Å². The molecular weight excluding hydrogens is 526 g/mol. The second kappa shape index (κ2) is 13.1. The summed E-state index contributed by atoms with van der Waals surface area (Å²) in [7, 11) is -3.81. The van der Waals surface area contributed by atoms with E-state index in [2.05, 4.69) is 0 Å². The molecule has 8 heteroatoms. The molecule has 2 fully saturated rings. The number of aliphatic hydroxyl groups excluding tert-OH is 1. The quantitative estimate of drug-likeness (QED) is 0.458. The Morgan fingerprint density at radius 3 is 2.70 bits per heavy atom. The summed E-state index contributed by atoms with van der Waals surface area (Å²) < 4.78 is 40.9. The molecule has 2 aromatic rings. The van der Waals surface area contributed by atoms with Crippen LogP contribution >= 0.6 is 0 Å². The third-order valence-corrected chi connectivity index (χ3v) is 10.8. The highest BCUT2D eigenvalue weighted by atomic mass is 32.2. The number of rotatable bonds is 8. The molecule has 1 saturated heterocycles. The van der Waals surface area contributed by atoms with Crippen LogP contribution < -0.4 is 0 Å². The van der Waals surface area contributed by atoms with Crippen molar-refractivity contribution >= 4 is 16.0 Å². The van der Waals surface area contributed by atoms with E-state index < -0.39 is 22.0 Å².